The fourth-order valence-corrected chi connectivity index (χ4v) is 4.62. The molecule has 1 fully saturated rings. The second-order valence-electron chi connectivity index (χ2n) is 7.13. The van der Waals surface area contributed by atoms with E-state index < -0.39 is 0 Å². The zero-order valence-corrected chi connectivity index (χ0v) is 17.5. The maximum Gasteiger partial charge on any atom is 0.319 e. The van der Waals surface area contributed by atoms with Crippen molar-refractivity contribution in [3.63, 3.8) is 0 Å². The number of hydrogen-bond acceptors (Lipinski definition) is 3. The molecule has 0 radical (unpaired) electrons. The van der Waals surface area contributed by atoms with Crippen LogP contribution in [0.1, 0.15) is 22.1 Å². The van der Waals surface area contributed by atoms with Crippen LogP contribution in [0.4, 0.5) is 16.2 Å². The molecule has 2 N–H and O–H groups in total. The Morgan fingerprint density at radius 2 is 1.70 bits per heavy atom. The van der Waals surface area contributed by atoms with Gasteiger partial charge in [-0.05, 0) is 41.8 Å². The van der Waals surface area contributed by atoms with Crippen molar-refractivity contribution in [3.05, 3.63) is 95.6 Å². The van der Waals surface area contributed by atoms with Gasteiger partial charge in [-0.15, -0.1) is 11.8 Å². The standard InChI is InChI=1S/C24H23N3O2S/c1-17-7-5-6-10-21(17)27-22(28)16-30-23(27)19-11-13-20(14-12-19)26-24(29)25-15-18-8-3-2-4-9-18/h2-14,23H,15-16H2,1H3,(H2,25,26,29). The Kier molecular flexibility index (Phi) is 6.05. The van der Waals surface area contributed by atoms with E-state index in [0.29, 0.717) is 18.0 Å². The number of amides is 3. The summed E-state index contributed by atoms with van der Waals surface area (Å²) in [6, 6.07) is 25.1. The first-order chi connectivity index (χ1) is 14.6. The van der Waals surface area contributed by atoms with Crippen LogP contribution >= 0.6 is 11.8 Å². The summed E-state index contributed by atoms with van der Waals surface area (Å²) in [5.74, 6) is 0.572. The summed E-state index contributed by atoms with van der Waals surface area (Å²) >= 11 is 1.62. The summed E-state index contributed by atoms with van der Waals surface area (Å²) in [6.45, 7) is 2.49. The van der Waals surface area contributed by atoms with Gasteiger partial charge in [-0.25, -0.2) is 4.79 Å². The SMILES string of the molecule is Cc1ccccc1N1C(=O)CSC1c1ccc(NC(=O)NCc2ccccc2)cc1. The highest BCUT2D eigenvalue weighted by Crippen LogP contribution is 2.42. The van der Waals surface area contributed by atoms with E-state index in [-0.39, 0.29) is 17.3 Å². The van der Waals surface area contributed by atoms with Gasteiger partial charge in [0.2, 0.25) is 5.91 Å². The van der Waals surface area contributed by atoms with Gasteiger partial charge in [0, 0.05) is 17.9 Å². The molecule has 1 aliphatic rings. The average Bonchev–Trinajstić information content (AvgIpc) is 3.15. The van der Waals surface area contributed by atoms with E-state index in [9.17, 15) is 9.59 Å². The number of thioether (sulfide) groups is 1. The molecule has 0 aromatic heterocycles. The second-order valence-corrected chi connectivity index (χ2v) is 8.20. The Balaban J connectivity index is 1.42. The van der Waals surface area contributed by atoms with E-state index in [0.717, 1.165) is 22.4 Å². The molecule has 1 unspecified atom stereocenters. The Morgan fingerprint density at radius 3 is 2.43 bits per heavy atom. The quantitative estimate of drug-likeness (QED) is 0.607. The molecular formula is C24H23N3O2S. The van der Waals surface area contributed by atoms with E-state index in [4.69, 9.17) is 0 Å². The first-order valence-corrected chi connectivity index (χ1v) is 10.8. The lowest BCUT2D eigenvalue weighted by molar-refractivity contribution is -0.115. The van der Waals surface area contributed by atoms with Crippen LogP contribution in [0.3, 0.4) is 0 Å². The van der Waals surface area contributed by atoms with Gasteiger partial charge in [0.25, 0.3) is 0 Å². The number of nitrogens with one attached hydrogen (secondary N) is 2. The smallest absolute Gasteiger partial charge is 0.319 e. The number of aryl methyl sites for hydroxylation is 1. The number of urea groups is 1. The Labute approximate surface area is 180 Å². The third kappa shape index (κ3) is 4.49. The zero-order valence-electron chi connectivity index (χ0n) is 16.7. The molecule has 0 bridgehead atoms. The third-order valence-corrected chi connectivity index (χ3v) is 6.20. The zero-order chi connectivity index (χ0) is 20.9. The summed E-state index contributed by atoms with van der Waals surface area (Å²) in [5.41, 5.74) is 4.80. The van der Waals surface area contributed by atoms with E-state index in [2.05, 4.69) is 10.6 Å². The number of nitrogens with zero attached hydrogens (tertiary/aromatic N) is 1. The van der Waals surface area contributed by atoms with Gasteiger partial charge in [0.1, 0.15) is 5.37 Å². The van der Waals surface area contributed by atoms with E-state index >= 15 is 0 Å². The van der Waals surface area contributed by atoms with Crippen molar-refractivity contribution in [1.29, 1.82) is 0 Å². The van der Waals surface area contributed by atoms with Crippen LogP contribution in [0.15, 0.2) is 78.9 Å². The molecule has 1 heterocycles. The minimum atomic E-state index is -0.251. The lowest BCUT2D eigenvalue weighted by Crippen LogP contribution is -2.29. The normalized spacial score (nSPS) is 15.8. The van der Waals surface area contributed by atoms with Gasteiger partial charge in [-0.2, -0.15) is 0 Å². The van der Waals surface area contributed by atoms with Gasteiger partial charge < -0.3 is 10.6 Å². The third-order valence-electron chi connectivity index (χ3n) is 4.99. The molecule has 1 aliphatic heterocycles. The molecule has 3 amide bonds. The predicted molar refractivity (Wildman–Crippen MR) is 123 cm³/mol. The molecule has 152 valence electrons. The summed E-state index contributed by atoms with van der Waals surface area (Å²) in [4.78, 5) is 26.6. The van der Waals surface area contributed by atoms with E-state index in [1.54, 1.807) is 11.8 Å². The number of rotatable bonds is 5. The lowest BCUT2D eigenvalue weighted by atomic mass is 10.1. The maximum atomic E-state index is 12.6. The molecule has 4 rings (SSSR count). The minimum absolute atomic E-state index is 0.0699. The fourth-order valence-electron chi connectivity index (χ4n) is 3.45. The van der Waals surface area contributed by atoms with Gasteiger partial charge in [0.05, 0.1) is 5.75 Å². The highest BCUT2D eigenvalue weighted by atomic mass is 32.2. The van der Waals surface area contributed by atoms with Gasteiger partial charge in [-0.3, -0.25) is 9.69 Å². The molecular weight excluding hydrogens is 394 g/mol. The van der Waals surface area contributed by atoms with Crippen LogP contribution in [0.25, 0.3) is 0 Å². The van der Waals surface area contributed by atoms with Crippen LogP contribution in [-0.2, 0) is 11.3 Å². The molecule has 6 heteroatoms. The monoisotopic (exact) mass is 417 g/mol. The van der Waals surface area contributed by atoms with Gasteiger partial charge in [0.15, 0.2) is 0 Å². The van der Waals surface area contributed by atoms with Crippen LogP contribution in [-0.4, -0.2) is 17.7 Å². The number of para-hydroxylation sites is 1. The van der Waals surface area contributed by atoms with Crippen molar-refractivity contribution in [1.82, 2.24) is 5.32 Å². The number of carbonyl (C=O) groups excluding carboxylic acids is 2. The Bertz CT molecular complexity index is 1040. The number of carbonyl (C=O) groups is 2. The molecule has 0 spiro atoms. The first-order valence-electron chi connectivity index (χ1n) is 9.80. The van der Waals surface area contributed by atoms with Crippen LogP contribution in [0.5, 0.6) is 0 Å². The summed E-state index contributed by atoms with van der Waals surface area (Å²) in [5, 5.41) is 5.63. The van der Waals surface area contributed by atoms with Crippen molar-refractivity contribution in [3.8, 4) is 0 Å². The van der Waals surface area contributed by atoms with E-state index in [1.165, 1.54) is 0 Å². The molecule has 0 saturated carbocycles. The number of benzene rings is 3. The molecule has 30 heavy (non-hydrogen) atoms. The summed E-state index contributed by atoms with van der Waals surface area (Å²) in [7, 11) is 0. The lowest BCUT2D eigenvalue weighted by Gasteiger charge is -2.26. The van der Waals surface area contributed by atoms with E-state index in [1.807, 2.05) is 90.7 Å². The number of anilines is 2. The number of hydrogen-bond donors (Lipinski definition) is 2. The molecule has 0 aliphatic carbocycles. The van der Waals surface area contributed by atoms with Crippen LogP contribution in [0, 0.1) is 6.92 Å². The average molecular weight is 418 g/mol. The van der Waals surface area contributed by atoms with Crippen molar-refractivity contribution in [2.45, 2.75) is 18.8 Å². The molecule has 3 aromatic rings. The molecule has 1 atom stereocenters. The van der Waals surface area contributed by atoms with Gasteiger partial charge in [-0.1, -0.05) is 60.7 Å². The fraction of sp³-hybridized carbons (Fsp3) is 0.167. The Hall–Kier alpha value is -3.25. The second kappa shape index (κ2) is 9.05. The van der Waals surface area contributed by atoms with Crippen LogP contribution in [0.2, 0.25) is 0 Å². The largest absolute Gasteiger partial charge is 0.334 e. The van der Waals surface area contributed by atoms with Crippen molar-refractivity contribution >= 4 is 35.1 Å². The minimum Gasteiger partial charge on any atom is -0.334 e. The first kappa shape index (κ1) is 20.0. The maximum absolute atomic E-state index is 12.6. The molecule has 5 nitrogen and oxygen atoms in total. The predicted octanol–water partition coefficient (Wildman–Crippen LogP) is 5.10. The van der Waals surface area contributed by atoms with Gasteiger partial charge >= 0.3 is 6.03 Å². The summed E-state index contributed by atoms with van der Waals surface area (Å²) < 4.78 is 0. The van der Waals surface area contributed by atoms with Crippen molar-refractivity contribution in [2.24, 2.45) is 0 Å². The Morgan fingerprint density at radius 1 is 1.00 bits per heavy atom. The summed E-state index contributed by atoms with van der Waals surface area (Å²) in [6.07, 6.45) is 0. The highest BCUT2D eigenvalue weighted by Gasteiger charge is 2.34. The topological polar surface area (TPSA) is 61.4 Å². The van der Waals surface area contributed by atoms with Crippen molar-refractivity contribution < 1.29 is 9.59 Å². The van der Waals surface area contributed by atoms with Crippen LogP contribution < -0.4 is 15.5 Å². The molecule has 3 aromatic carbocycles. The highest BCUT2D eigenvalue weighted by molar-refractivity contribution is 8.00. The molecule has 1 saturated heterocycles. The van der Waals surface area contributed by atoms with Crippen molar-refractivity contribution in [2.75, 3.05) is 16.0 Å².